The number of hydrogen-bond acceptors (Lipinski definition) is 2. The van der Waals surface area contributed by atoms with Gasteiger partial charge in [0.25, 0.3) is 0 Å². The Hall–Kier alpha value is -0.380. The van der Waals surface area contributed by atoms with E-state index in [1.807, 2.05) is 31.3 Å². The third kappa shape index (κ3) is 4.30. The lowest BCUT2D eigenvalue weighted by Crippen LogP contribution is -2.39. The van der Waals surface area contributed by atoms with Gasteiger partial charge in [-0.25, -0.2) is 0 Å². The molecule has 2 atom stereocenters. The SMILES string of the molecule is CNC(CS(=O)c1cccc(Cl)c1)C1CCCCC1. The first-order chi connectivity index (χ1) is 9.20. The molecule has 0 aromatic heterocycles. The molecule has 19 heavy (non-hydrogen) atoms. The summed E-state index contributed by atoms with van der Waals surface area (Å²) in [6.07, 6.45) is 6.50. The highest BCUT2D eigenvalue weighted by atomic mass is 35.5. The summed E-state index contributed by atoms with van der Waals surface area (Å²) in [6, 6.07) is 7.74. The van der Waals surface area contributed by atoms with Gasteiger partial charge in [0.15, 0.2) is 0 Å². The van der Waals surface area contributed by atoms with E-state index < -0.39 is 10.8 Å². The quantitative estimate of drug-likeness (QED) is 0.900. The smallest absolute Gasteiger partial charge is 0.0545 e. The molecule has 1 saturated carbocycles. The Labute approximate surface area is 123 Å². The van der Waals surface area contributed by atoms with Crippen LogP contribution in [0.5, 0.6) is 0 Å². The zero-order valence-corrected chi connectivity index (χ0v) is 13.0. The fourth-order valence-electron chi connectivity index (χ4n) is 2.86. The zero-order valence-electron chi connectivity index (χ0n) is 11.4. The molecule has 0 amide bonds. The molecule has 1 aliphatic rings. The van der Waals surface area contributed by atoms with Crippen molar-refractivity contribution >= 4 is 22.4 Å². The van der Waals surface area contributed by atoms with E-state index in [1.165, 1.54) is 32.1 Å². The lowest BCUT2D eigenvalue weighted by Gasteiger charge is -2.29. The average molecular weight is 300 g/mol. The van der Waals surface area contributed by atoms with E-state index in [2.05, 4.69) is 5.32 Å². The first kappa shape index (κ1) is 15.0. The Kier molecular flexibility index (Phi) is 5.86. The molecular weight excluding hydrogens is 278 g/mol. The van der Waals surface area contributed by atoms with Gasteiger partial charge in [0, 0.05) is 21.7 Å². The number of nitrogens with one attached hydrogen (secondary N) is 1. The van der Waals surface area contributed by atoms with Crippen molar-refractivity contribution in [3.63, 3.8) is 0 Å². The van der Waals surface area contributed by atoms with Crippen molar-refractivity contribution in [1.29, 1.82) is 0 Å². The maximum atomic E-state index is 12.4. The van der Waals surface area contributed by atoms with Crippen molar-refractivity contribution in [2.24, 2.45) is 5.92 Å². The molecule has 0 heterocycles. The van der Waals surface area contributed by atoms with E-state index >= 15 is 0 Å². The van der Waals surface area contributed by atoms with Gasteiger partial charge in [-0.15, -0.1) is 0 Å². The fourth-order valence-corrected chi connectivity index (χ4v) is 4.56. The maximum Gasteiger partial charge on any atom is 0.0545 e. The second-order valence-corrected chi connectivity index (χ2v) is 7.20. The molecule has 0 aliphatic heterocycles. The van der Waals surface area contributed by atoms with E-state index in [1.54, 1.807) is 0 Å². The number of halogens is 1. The summed E-state index contributed by atoms with van der Waals surface area (Å²) >= 11 is 5.96. The van der Waals surface area contributed by atoms with Crippen molar-refractivity contribution in [3.8, 4) is 0 Å². The summed E-state index contributed by atoms with van der Waals surface area (Å²) in [5.74, 6) is 1.35. The molecule has 4 heteroatoms. The van der Waals surface area contributed by atoms with Crippen LogP contribution in [0.25, 0.3) is 0 Å². The van der Waals surface area contributed by atoms with Gasteiger partial charge in [-0.3, -0.25) is 4.21 Å². The van der Waals surface area contributed by atoms with E-state index in [0.29, 0.717) is 22.7 Å². The van der Waals surface area contributed by atoms with Crippen LogP contribution in [-0.4, -0.2) is 23.1 Å². The van der Waals surface area contributed by atoms with Gasteiger partial charge in [-0.05, 0) is 44.0 Å². The van der Waals surface area contributed by atoms with E-state index in [9.17, 15) is 4.21 Å². The van der Waals surface area contributed by atoms with Crippen LogP contribution in [0.1, 0.15) is 32.1 Å². The van der Waals surface area contributed by atoms with Crippen LogP contribution in [0.15, 0.2) is 29.2 Å². The number of hydrogen-bond donors (Lipinski definition) is 1. The second kappa shape index (κ2) is 7.41. The third-order valence-corrected chi connectivity index (χ3v) is 5.66. The minimum absolute atomic E-state index is 0.347. The first-order valence-corrected chi connectivity index (χ1v) is 8.71. The van der Waals surface area contributed by atoms with Gasteiger partial charge in [-0.2, -0.15) is 0 Å². The van der Waals surface area contributed by atoms with Crippen LogP contribution in [0.3, 0.4) is 0 Å². The van der Waals surface area contributed by atoms with Crippen molar-refractivity contribution in [3.05, 3.63) is 29.3 Å². The highest BCUT2D eigenvalue weighted by Gasteiger charge is 2.24. The van der Waals surface area contributed by atoms with Crippen LogP contribution in [-0.2, 0) is 10.8 Å². The number of rotatable bonds is 5. The maximum absolute atomic E-state index is 12.4. The summed E-state index contributed by atoms with van der Waals surface area (Å²) in [7, 11) is 1.01. The standard InChI is InChI=1S/C15H22ClNOS/c1-17-15(12-6-3-2-4-7-12)11-19(18)14-9-5-8-13(16)10-14/h5,8-10,12,15,17H,2-4,6-7,11H2,1H3. The molecule has 0 bridgehead atoms. The average Bonchev–Trinajstić information content (AvgIpc) is 2.45. The van der Waals surface area contributed by atoms with E-state index in [-0.39, 0.29) is 0 Å². The summed E-state index contributed by atoms with van der Waals surface area (Å²) < 4.78 is 12.4. The highest BCUT2D eigenvalue weighted by Crippen LogP contribution is 2.27. The summed E-state index contributed by atoms with van der Waals surface area (Å²) in [5, 5.41) is 4.02. The Bertz CT molecular complexity index is 432. The molecule has 0 saturated heterocycles. The Morgan fingerprint density at radius 3 is 2.74 bits per heavy atom. The van der Waals surface area contributed by atoms with Gasteiger partial charge in [0.05, 0.1) is 10.8 Å². The normalized spacial score (nSPS) is 20.1. The first-order valence-electron chi connectivity index (χ1n) is 7.02. The molecule has 1 aromatic rings. The van der Waals surface area contributed by atoms with Gasteiger partial charge in [0.1, 0.15) is 0 Å². The largest absolute Gasteiger partial charge is 0.316 e. The van der Waals surface area contributed by atoms with Crippen LogP contribution in [0, 0.1) is 5.92 Å². The molecule has 1 N–H and O–H groups in total. The molecule has 2 rings (SSSR count). The van der Waals surface area contributed by atoms with Gasteiger partial charge < -0.3 is 5.32 Å². The van der Waals surface area contributed by atoms with Crippen LogP contribution in [0.2, 0.25) is 5.02 Å². The lowest BCUT2D eigenvalue weighted by molar-refractivity contribution is 0.294. The summed E-state index contributed by atoms with van der Waals surface area (Å²) in [4.78, 5) is 0.837. The minimum atomic E-state index is -0.972. The third-order valence-electron chi connectivity index (χ3n) is 3.98. The van der Waals surface area contributed by atoms with Gasteiger partial charge >= 0.3 is 0 Å². The van der Waals surface area contributed by atoms with E-state index in [4.69, 9.17) is 11.6 Å². The molecule has 1 fully saturated rings. The molecule has 2 nitrogen and oxygen atoms in total. The predicted molar refractivity (Wildman–Crippen MR) is 82.2 cm³/mol. The molecule has 0 radical (unpaired) electrons. The molecule has 106 valence electrons. The van der Waals surface area contributed by atoms with Crippen molar-refractivity contribution in [2.45, 2.75) is 43.0 Å². The van der Waals surface area contributed by atoms with Crippen LogP contribution >= 0.6 is 11.6 Å². The van der Waals surface area contributed by atoms with Crippen molar-refractivity contribution < 1.29 is 4.21 Å². The Balaban J connectivity index is 1.99. The highest BCUT2D eigenvalue weighted by molar-refractivity contribution is 7.85. The monoisotopic (exact) mass is 299 g/mol. The number of benzene rings is 1. The van der Waals surface area contributed by atoms with Crippen LogP contribution < -0.4 is 5.32 Å². The van der Waals surface area contributed by atoms with Gasteiger partial charge in [0.2, 0.25) is 0 Å². The van der Waals surface area contributed by atoms with Crippen LogP contribution in [0.4, 0.5) is 0 Å². The van der Waals surface area contributed by atoms with E-state index in [0.717, 1.165) is 4.90 Å². The summed E-state index contributed by atoms with van der Waals surface area (Å²) in [5.41, 5.74) is 0. The molecule has 0 spiro atoms. The molecule has 2 unspecified atom stereocenters. The summed E-state index contributed by atoms with van der Waals surface area (Å²) in [6.45, 7) is 0. The molecule has 1 aromatic carbocycles. The molecule has 1 aliphatic carbocycles. The second-order valence-electron chi connectivity index (χ2n) is 5.26. The lowest BCUT2D eigenvalue weighted by atomic mass is 9.84. The van der Waals surface area contributed by atoms with Crippen molar-refractivity contribution in [2.75, 3.05) is 12.8 Å². The molecular formula is C15H22ClNOS. The topological polar surface area (TPSA) is 29.1 Å². The zero-order chi connectivity index (χ0) is 13.7. The minimum Gasteiger partial charge on any atom is -0.316 e. The van der Waals surface area contributed by atoms with Gasteiger partial charge in [-0.1, -0.05) is 36.9 Å². The fraction of sp³-hybridized carbons (Fsp3) is 0.600. The Morgan fingerprint density at radius 2 is 2.11 bits per heavy atom. The van der Waals surface area contributed by atoms with Crippen molar-refractivity contribution in [1.82, 2.24) is 5.32 Å². The predicted octanol–water partition coefficient (Wildman–Crippen LogP) is 3.62. The Morgan fingerprint density at radius 1 is 1.37 bits per heavy atom.